The zero-order valence-corrected chi connectivity index (χ0v) is 14.2. The van der Waals surface area contributed by atoms with Crippen LogP contribution >= 0.6 is 24.0 Å². The Balaban J connectivity index is 0.00000312. The maximum atomic E-state index is 11.9. The molecule has 0 aliphatic rings. The minimum atomic E-state index is -0.690. The summed E-state index contributed by atoms with van der Waals surface area (Å²) in [4.78, 5) is 22.0. The number of aromatic hydroxyl groups is 1. The van der Waals surface area contributed by atoms with Crippen LogP contribution in [0.5, 0.6) is 5.75 Å². The van der Waals surface area contributed by atoms with Crippen LogP contribution in [0.15, 0.2) is 36.4 Å². The number of nitro groups is 1. The Morgan fingerprint density at radius 3 is 2.60 bits per heavy atom. The zero-order chi connectivity index (χ0) is 17.9. The molecular weight excluding hydrogens is 371 g/mol. The van der Waals surface area contributed by atoms with Crippen LogP contribution in [0.4, 0.5) is 22.7 Å². The van der Waals surface area contributed by atoms with Gasteiger partial charge < -0.3 is 21.9 Å². The standard InChI is InChI=1S/C15H13ClN4O4.ClH/c16-11-6-10(20(23)24)7-13(15(11)22)19-14(21)4-1-8-5-9(17)2-3-12(8)18;/h1-7,22H,17-18H2,(H,19,21);1H/b4-1-;. The fourth-order valence-electron chi connectivity index (χ4n) is 1.86. The molecule has 8 nitrogen and oxygen atoms in total. The Labute approximate surface area is 153 Å². The maximum absolute atomic E-state index is 11.9. The van der Waals surface area contributed by atoms with E-state index in [0.29, 0.717) is 16.9 Å². The van der Waals surface area contributed by atoms with Crippen LogP contribution in [0.2, 0.25) is 5.02 Å². The third kappa shape index (κ3) is 5.00. The number of carbonyl (C=O) groups is 1. The molecule has 6 N–H and O–H groups in total. The number of hydrogen-bond acceptors (Lipinski definition) is 6. The molecule has 132 valence electrons. The second-order valence-electron chi connectivity index (χ2n) is 4.79. The van der Waals surface area contributed by atoms with E-state index in [1.165, 1.54) is 6.08 Å². The first-order valence-electron chi connectivity index (χ1n) is 6.59. The van der Waals surface area contributed by atoms with Gasteiger partial charge >= 0.3 is 0 Å². The number of benzene rings is 2. The molecule has 0 saturated heterocycles. The van der Waals surface area contributed by atoms with Gasteiger partial charge in [0.2, 0.25) is 5.91 Å². The van der Waals surface area contributed by atoms with Crippen LogP contribution in [0.1, 0.15) is 5.56 Å². The van der Waals surface area contributed by atoms with Crippen molar-refractivity contribution in [1.29, 1.82) is 0 Å². The van der Waals surface area contributed by atoms with Gasteiger partial charge in [0.25, 0.3) is 5.69 Å². The lowest BCUT2D eigenvalue weighted by atomic mass is 10.1. The second kappa shape index (κ2) is 8.22. The highest BCUT2D eigenvalue weighted by Gasteiger charge is 2.16. The number of halogens is 2. The Morgan fingerprint density at radius 2 is 1.96 bits per heavy atom. The van der Waals surface area contributed by atoms with Gasteiger partial charge in [0.05, 0.1) is 15.6 Å². The Morgan fingerprint density at radius 1 is 1.28 bits per heavy atom. The number of phenols is 1. The van der Waals surface area contributed by atoms with Crippen molar-refractivity contribution in [3.8, 4) is 5.75 Å². The molecular formula is C15H14Cl2N4O4. The number of nitrogens with two attached hydrogens (primary N) is 2. The number of non-ortho nitro benzene ring substituents is 1. The van der Waals surface area contributed by atoms with Crippen LogP contribution in [0.3, 0.4) is 0 Å². The lowest BCUT2D eigenvalue weighted by Gasteiger charge is -2.07. The quantitative estimate of drug-likeness (QED) is 0.209. The van der Waals surface area contributed by atoms with Gasteiger partial charge in [0, 0.05) is 29.6 Å². The molecule has 0 fully saturated rings. The van der Waals surface area contributed by atoms with Gasteiger partial charge in [0.15, 0.2) is 5.75 Å². The van der Waals surface area contributed by atoms with Gasteiger partial charge in [-0.2, -0.15) is 0 Å². The van der Waals surface area contributed by atoms with Gasteiger partial charge in [0.1, 0.15) is 0 Å². The van der Waals surface area contributed by atoms with Crippen molar-refractivity contribution in [3.05, 3.63) is 57.1 Å². The molecule has 0 aliphatic heterocycles. The van der Waals surface area contributed by atoms with E-state index in [1.54, 1.807) is 18.2 Å². The van der Waals surface area contributed by atoms with Gasteiger partial charge in [-0.3, -0.25) is 14.9 Å². The summed E-state index contributed by atoms with van der Waals surface area (Å²) in [5.41, 5.74) is 12.3. The number of hydrogen-bond donors (Lipinski definition) is 4. The van der Waals surface area contributed by atoms with Crippen LogP contribution < -0.4 is 16.8 Å². The van der Waals surface area contributed by atoms with Crippen molar-refractivity contribution in [2.24, 2.45) is 0 Å². The second-order valence-corrected chi connectivity index (χ2v) is 5.20. The number of phenolic OH excluding ortho intramolecular Hbond substituents is 1. The summed E-state index contributed by atoms with van der Waals surface area (Å²) < 4.78 is 0. The monoisotopic (exact) mass is 384 g/mol. The molecule has 10 heteroatoms. The summed E-state index contributed by atoms with van der Waals surface area (Å²) >= 11 is 5.70. The summed E-state index contributed by atoms with van der Waals surface area (Å²) in [7, 11) is 0. The van der Waals surface area contributed by atoms with Crippen molar-refractivity contribution in [1.82, 2.24) is 0 Å². The fraction of sp³-hybridized carbons (Fsp3) is 0. The topological polar surface area (TPSA) is 145 Å². The Kier molecular flexibility index (Phi) is 6.60. The summed E-state index contributed by atoms with van der Waals surface area (Å²) in [6.07, 6.45) is 2.58. The average molecular weight is 385 g/mol. The number of amides is 1. The number of nitrogen functional groups attached to an aromatic ring is 2. The smallest absolute Gasteiger partial charge is 0.273 e. The first-order valence-corrected chi connectivity index (χ1v) is 6.96. The van der Waals surface area contributed by atoms with E-state index >= 15 is 0 Å². The van der Waals surface area contributed by atoms with Gasteiger partial charge in [-0.15, -0.1) is 12.4 Å². The van der Waals surface area contributed by atoms with E-state index in [0.717, 1.165) is 18.2 Å². The number of nitrogens with one attached hydrogen (secondary N) is 1. The SMILES string of the molecule is Cl.Nc1ccc(N)c(/C=C\C(=O)Nc2cc([N+](=O)[O-])cc(Cl)c2O)c1. The third-order valence-electron chi connectivity index (χ3n) is 3.04. The predicted molar refractivity (Wildman–Crippen MR) is 99.9 cm³/mol. The van der Waals surface area contributed by atoms with E-state index < -0.39 is 16.6 Å². The molecule has 0 bridgehead atoms. The van der Waals surface area contributed by atoms with E-state index in [2.05, 4.69) is 5.32 Å². The van der Waals surface area contributed by atoms with Crippen LogP contribution in [-0.2, 0) is 4.79 Å². The first-order chi connectivity index (χ1) is 11.3. The molecule has 2 aromatic carbocycles. The maximum Gasteiger partial charge on any atom is 0.273 e. The lowest BCUT2D eigenvalue weighted by molar-refractivity contribution is -0.384. The van der Waals surface area contributed by atoms with Crippen LogP contribution in [0.25, 0.3) is 6.08 Å². The van der Waals surface area contributed by atoms with Gasteiger partial charge in [-0.25, -0.2) is 0 Å². The van der Waals surface area contributed by atoms with Crippen molar-refractivity contribution in [2.45, 2.75) is 0 Å². The van der Waals surface area contributed by atoms with Crippen molar-refractivity contribution in [3.63, 3.8) is 0 Å². The normalized spacial score (nSPS) is 10.3. The predicted octanol–water partition coefficient (Wildman–Crippen LogP) is 3.19. The minimum Gasteiger partial charge on any atom is -0.504 e. The van der Waals surface area contributed by atoms with E-state index in [4.69, 9.17) is 23.1 Å². The molecule has 0 saturated carbocycles. The van der Waals surface area contributed by atoms with E-state index in [-0.39, 0.29) is 28.8 Å². The molecule has 0 aliphatic carbocycles. The summed E-state index contributed by atoms with van der Waals surface area (Å²) in [5, 5.41) is 22.7. The summed E-state index contributed by atoms with van der Waals surface area (Å²) in [6, 6.07) is 6.79. The van der Waals surface area contributed by atoms with E-state index in [1.807, 2.05) is 0 Å². The number of rotatable bonds is 4. The Bertz CT molecular complexity index is 856. The Hall–Kier alpha value is -2.97. The number of nitrogens with zero attached hydrogens (tertiary/aromatic N) is 1. The van der Waals surface area contributed by atoms with Gasteiger partial charge in [-0.1, -0.05) is 11.6 Å². The van der Waals surface area contributed by atoms with Crippen LogP contribution in [-0.4, -0.2) is 15.9 Å². The van der Waals surface area contributed by atoms with Crippen LogP contribution in [0, 0.1) is 10.1 Å². The highest BCUT2D eigenvalue weighted by molar-refractivity contribution is 6.33. The minimum absolute atomic E-state index is 0. The van der Waals surface area contributed by atoms with Crippen molar-refractivity contribution in [2.75, 3.05) is 16.8 Å². The number of nitro benzene ring substituents is 1. The highest BCUT2D eigenvalue weighted by Crippen LogP contribution is 2.36. The molecule has 0 heterocycles. The molecule has 25 heavy (non-hydrogen) atoms. The third-order valence-corrected chi connectivity index (χ3v) is 3.33. The zero-order valence-electron chi connectivity index (χ0n) is 12.6. The highest BCUT2D eigenvalue weighted by atomic mass is 35.5. The first kappa shape index (κ1) is 20.1. The fourth-order valence-corrected chi connectivity index (χ4v) is 2.08. The van der Waals surface area contributed by atoms with E-state index in [9.17, 15) is 20.0 Å². The molecule has 0 unspecified atom stereocenters. The number of anilines is 3. The molecule has 0 atom stereocenters. The average Bonchev–Trinajstić information content (AvgIpc) is 2.52. The molecule has 2 rings (SSSR count). The van der Waals surface area contributed by atoms with Crippen molar-refractivity contribution >= 4 is 58.7 Å². The molecule has 0 aromatic heterocycles. The molecule has 0 radical (unpaired) electrons. The largest absolute Gasteiger partial charge is 0.504 e. The van der Waals surface area contributed by atoms with Crippen molar-refractivity contribution < 1.29 is 14.8 Å². The summed E-state index contributed by atoms with van der Waals surface area (Å²) in [5.74, 6) is -1.10. The molecule has 0 spiro atoms. The van der Waals surface area contributed by atoms with Gasteiger partial charge in [-0.05, 0) is 29.8 Å². The number of carbonyl (C=O) groups excluding carboxylic acids is 1. The molecule has 1 amide bonds. The molecule has 2 aromatic rings. The lowest BCUT2D eigenvalue weighted by Crippen LogP contribution is -2.08. The summed E-state index contributed by atoms with van der Waals surface area (Å²) in [6.45, 7) is 0.